The third-order valence-corrected chi connectivity index (χ3v) is 5.20. The summed E-state index contributed by atoms with van der Waals surface area (Å²) in [5, 5.41) is 0. The van der Waals surface area contributed by atoms with Crippen molar-refractivity contribution >= 4 is 5.91 Å². The Bertz CT molecular complexity index is 1170. The van der Waals surface area contributed by atoms with Crippen molar-refractivity contribution in [2.24, 2.45) is 0 Å². The van der Waals surface area contributed by atoms with Crippen molar-refractivity contribution < 1.29 is 13.6 Å². The van der Waals surface area contributed by atoms with Crippen molar-refractivity contribution in [3.05, 3.63) is 86.6 Å². The first kappa shape index (κ1) is 19.8. The highest BCUT2D eigenvalue weighted by atomic mass is 19.1. The van der Waals surface area contributed by atoms with Crippen LogP contribution in [0.15, 0.2) is 56.7 Å². The Labute approximate surface area is 171 Å². The highest BCUT2D eigenvalue weighted by molar-refractivity contribution is 5.76. The smallest absolute Gasteiger partial charge is 0.328 e. The van der Waals surface area contributed by atoms with Gasteiger partial charge in [0.25, 0.3) is 5.56 Å². The number of carbonyl (C=O) groups excluding carboxylic acids is 1. The van der Waals surface area contributed by atoms with Crippen molar-refractivity contribution in [2.45, 2.75) is 38.3 Å². The molecule has 4 rings (SSSR count). The van der Waals surface area contributed by atoms with Crippen molar-refractivity contribution in [1.29, 1.82) is 0 Å². The minimum atomic E-state index is -0.632. The van der Waals surface area contributed by atoms with Gasteiger partial charge in [0, 0.05) is 25.2 Å². The lowest BCUT2D eigenvalue weighted by atomic mass is 10.0. The summed E-state index contributed by atoms with van der Waals surface area (Å²) in [5.41, 5.74) is -0.636. The fraction of sp³-hybridized carbons (Fsp3) is 0.333. The molecule has 2 aromatic heterocycles. The molecule has 30 heavy (non-hydrogen) atoms. The van der Waals surface area contributed by atoms with E-state index < -0.39 is 11.2 Å². The van der Waals surface area contributed by atoms with Gasteiger partial charge in [-0.2, -0.15) is 0 Å². The summed E-state index contributed by atoms with van der Waals surface area (Å²) in [6, 6.07) is 7.33. The number of benzene rings is 1. The molecule has 0 spiro atoms. The average molecular weight is 412 g/mol. The fourth-order valence-electron chi connectivity index (χ4n) is 3.68. The van der Waals surface area contributed by atoms with Gasteiger partial charge in [0.15, 0.2) is 0 Å². The number of halogens is 1. The molecule has 1 aliphatic heterocycles. The van der Waals surface area contributed by atoms with Crippen LogP contribution in [-0.2, 0) is 17.8 Å². The van der Waals surface area contributed by atoms with E-state index >= 15 is 0 Å². The molecule has 1 N–H and O–H groups in total. The molecule has 9 heteroatoms. The van der Waals surface area contributed by atoms with Gasteiger partial charge in [-0.15, -0.1) is 0 Å². The van der Waals surface area contributed by atoms with Gasteiger partial charge >= 0.3 is 5.69 Å². The van der Waals surface area contributed by atoms with Gasteiger partial charge in [-0.3, -0.25) is 19.1 Å². The van der Waals surface area contributed by atoms with E-state index in [1.807, 2.05) is 0 Å². The predicted octanol–water partition coefficient (Wildman–Crippen LogP) is 2.01. The summed E-state index contributed by atoms with van der Waals surface area (Å²) in [6.45, 7) is 0.335. The van der Waals surface area contributed by atoms with Gasteiger partial charge in [0.2, 0.25) is 11.8 Å². The van der Waals surface area contributed by atoms with Gasteiger partial charge in [-0.25, -0.2) is 14.2 Å². The number of hydrogen-bond acceptors (Lipinski definition) is 5. The van der Waals surface area contributed by atoms with Gasteiger partial charge in [-0.05, 0) is 30.9 Å². The molecule has 0 bridgehead atoms. The van der Waals surface area contributed by atoms with Crippen molar-refractivity contribution in [2.75, 3.05) is 6.54 Å². The molecule has 1 aromatic carbocycles. The van der Waals surface area contributed by atoms with E-state index in [2.05, 4.69) is 9.97 Å². The molecular weight excluding hydrogens is 391 g/mol. The normalized spacial score (nSPS) is 16.6. The molecule has 8 nitrogen and oxygen atoms in total. The van der Waals surface area contributed by atoms with E-state index in [0.29, 0.717) is 30.2 Å². The summed E-state index contributed by atoms with van der Waals surface area (Å²) in [5.74, 6) is 0.354. The maximum absolute atomic E-state index is 13.9. The quantitative estimate of drug-likeness (QED) is 0.691. The van der Waals surface area contributed by atoms with E-state index in [1.165, 1.54) is 18.3 Å². The number of hydrogen-bond donors (Lipinski definition) is 1. The molecule has 156 valence electrons. The number of aromatic amines is 1. The van der Waals surface area contributed by atoms with Crippen molar-refractivity contribution in [3.8, 4) is 0 Å². The van der Waals surface area contributed by atoms with E-state index in [0.717, 1.165) is 17.4 Å². The molecule has 1 saturated heterocycles. The monoisotopic (exact) mass is 412 g/mol. The van der Waals surface area contributed by atoms with Crippen molar-refractivity contribution in [3.63, 3.8) is 0 Å². The fourth-order valence-corrected chi connectivity index (χ4v) is 3.68. The zero-order chi connectivity index (χ0) is 21.1. The Hall–Kier alpha value is -3.49. The first-order chi connectivity index (χ1) is 14.5. The minimum absolute atomic E-state index is 0.186. The van der Waals surface area contributed by atoms with E-state index in [9.17, 15) is 18.8 Å². The predicted molar refractivity (Wildman–Crippen MR) is 105 cm³/mol. The highest BCUT2D eigenvalue weighted by Gasteiger charge is 2.31. The lowest BCUT2D eigenvalue weighted by Crippen LogP contribution is -2.42. The summed E-state index contributed by atoms with van der Waals surface area (Å²) in [6.07, 6.45) is 5.57. The van der Waals surface area contributed by atoms with Crippen LogP contribution in [-0.4, -0.2) is 31.9 Å². The van der Waals surface area contributed by atoms with Crippen LogP contribution >= 0.6 is 0 Å². The number of likely N-dealkylation sites (tertiary alicyclic amines) is 1. The molecule has 0 saturated carbocycles. The number of amides is 1. The van der Waals surface area contributed by atoms with E-state index in [1.54, 1.807) is 29.3 Å². The number of nitrogens with zero attached hydrogens (tertiary/aromatic N) is 3. The van der Waals surface area contributed by atoms with Crippen LogP contribution in [0.2, 0.25) is 0 Å². The lowest BCUT2D eigenvalue weighted by Gasteiger charge is -2.33. The Morgan fingerprint density at radius 1 is 1.23 bits per heavy atom. The van der Waals surface area contributed by atoms with Crippen LogP contribution in [0.4, 0.5) is 4.39 Å². The van der Waals surface area contributed by atoms with Gasteiger partial charge in [0.1, 0.15) is 24.2 Å². The first-order valence-electron chi connectivity index (χ1n) is 9.78. The summed E-state index contributed by atoms with van der Waals surface area (Å²) in [7, 11) is 0. The SMILES string of the molecule is O=C(Cn1ccc(=O)[nH]c1=O)N1CCCCC1c1ncc(Cc2ccccc2F)o1. The van der Waals surface area contributed by atoms with E-state index in [-0.39, 0.29) is 30.7 Å². The highest BCUT2D eigenvalue weighted by Crippen LogP contribution is 2.31. The van der Waals surface area contributed by atoms with Crippen LogP contribution in [0.1, 0.15) is 42.5 Å². The molecule has 3 aromatic rings. The number of nitrogens with one attached hydrogen (secondary N) is 1. The van der Waals surface area contributed by atoms with Gasteiger partial charge in [0.05, 0.1) is 6.20 Å². The molecule has 1 amide bonds. The van der Waals surface area contributed by atoms with Crippen LogP contribution in [0.3, 0.4) is 0 Å². The number of aromatic nitrogens is 3. The Balaban J connectivity index is 1.51. The molecule has 1 fully saturated rings. The van der Waals surface area contributed by atoms with E-state index in [4.69, 9.17) is 4.42 Å². The molecule has 1 aliphatic rings. The maximum Gasteiger partial charge on any atom is 0.328 e. The lowest BCUT2D eigenvalue weighted by molar-refractivity contribution is -0.136. The van der Waals surface area contributed by atoms with Crippen LogP contribution < -0.4 is 11.2 Å². The largest absolute Gasteiger partial charge is 0.443 e. The van der Waals surface area contributed by atoms with Crippen LogP contribution in [0.25, 0.3) is 0 Å². The van der Waals surface area contributed by atoms with Gasteiger partial charge < -0.3 is 9.32 Å². The van der Waals surface area contributed by atoms with Crippen molar-refractivity contribution in [1.82, 2.24) is 19.4 Å². The average Bonchev–Trinajstić information content (AvgIpc) is 3.20. The maximum atomic E-state index is 13.9. The number of carbonyl (C=O) groups is 1. The number of piperidine rings is 1. The molecule has 1 atom stereocenters. The van der Waals surface area contributed by atoms with Crippen LogP contribution in [0.5, 0.6) is 0 Å². The molecular formula is C21H21FN4O4. The molecule has 1 unspecified atom stereocenters. The first-order valence-corrected chi connectivity index (χ1v) is 9.78. The zero-order valence-corrected chi connectivity index (χ0v) is 16.2. The summed E-state index contributed by atoms with van der Waals surface area (Å²) < 4.78 is 20.9. The Kier molecular flexibility index (Phi) is 5.60. The number of H-pyrrole nitrogens is 1. The number of oxazole rings is 1. The topological polar surface area (TPSA) is 101 Å². The molecule has 0 aliphatic carbocycles. The Morgan fingerprint density at radius 2 is 2.07 bits per heavy atom. The standard InChI is InChI=1S/C21H21FN4O4/c22-16-6-2-1-5-14(16)11-15-12-23-20(30-15)17-7-3-4-9-26(17)19(28)13-25-10-8-18(27)24-21(25)29/h1-2,5-6,8,10,12,17H,3-4,7,9,11,13H2,(H,24,27,29). The van der Waals surface area contributed by atoms with Gasteiger partial charge in [-0.1, -0.05) is 18.2 Å². The van der Waals surface area contributed by atoms with Crippen LogP contribution in [0, 0.1) is 5.82 Å². The second-order valence-electron chi connectivity index (χ2n) is 7.27. The number of rotatable bonds is 5. The third kappa shape index (κ3) is 4.24. The Morgan fingerprint density at radius 3 is 2.87 bits per heavy atom. The zero-order valence-electron chi connectivity index (χ0n) is 16.2. The second-order valence-corrected chi connectivity index (χ2v) is 7.27. The summed E-state index contributed by atoms with van der Waals surface area (Å²) >= 11 is 0. The summed E-state index contributed by atoms with van der Waals surface area (Å²) in [4.78, 5) is 44.1. The second kappa shape index (κ2) is 8.48. The third-order valence-electron chi connectivity index (χ3n) is 5.20. The molecule has 3 heterocycles. The minimum Gasteiger partial charge on any atom is -0.443 e. The molecule has 0 radical (unpaired) electrons.